The molecule has 1 atom stereocenters. The van der Waals surface area contributed by atoms with Crippen LogP contribution in [0, 0.1) is 0 Å². The Morgan fingerprint density at radius 1 is 1.04 bits per heavy atom. The third-order valence-corrected chi connectivity index (χ3v) is 4.91. The zero-order valence-corrected chi connectivity index (χ0v) is 16.4. The first-order valence-electron chi connectivity index (χ1n) is 10.00. The number of hydrogen-bond acceptors (Lipinski definition) is 4. The largest absolute Gasteiger partial charge is 0.333 e. The van der Waals surface area contributed by atoms with E-state index in [1.54, 1.807) is 30.3 Å². The average molecular weight is 387 g/mol. The topological polar surface area (TPSA) is 86.8 Å². The Balaban J connectivity index is 1.84. The van der Waals surface area contributed by atoms with Crippen LogP contribution in [-0.4, -0.2) is 53.6 Å². The molecule has 0 aliphatic carbocycles. The lowest BCUT2D eigenvalue weighted by atomic mass is 10.1. The van der Waals surface area contributed by atoms with Crippen LogP contribution in [0.3, 0.4) is 0 Å². The number of rotatable bonds is 10. The lowest BCUT2D eigenvalue weighted by Gasteiger charge is -2.33. The SMILES string of the molecule is CCCCCCCCN1CCN(C(=O)NC(C=O)c2ccccc2)C(=O)C1=O. The summed E-state index contributed by atoms with van der Waals surface area (Å²) in [5.41, 5.74) is 0.617. The molecule has 1 N–H and O–H groups in total. The molecular weight excluding hydrogens is 358 g/mol. The second-order valence-corrected chi connectivity index (χ2v) is 6.99. The molecule has 1 heterocycles. The van der Waals surface area contributed by atoms with Crippen LogP contribution in [-0.2, 0) is 14.4 Å². The minimum absolute atomic E-state index is 0.132. The summed E-state index contributed by atoms with van der Waals surface area (Å²) in [5, 5.41) is 2.52. The lowest BCUT2D eigenvalue weighted by molar-refractivity contribution is -0.153. The quantitative estimate of drug-likeness (QED) is 0.380. The lowest BCUT2D eigenvalue weighted by Crippen LogP contribution is -2.58. The molecule has 1 aliphatic heterocycles. The molecule has 4 amide bonds. The van der Waals surface area contributed by atoms with E-state index >= 15 is 0 Å². The molecular formula is C21H29N3O4. The van der Waals surface area contributed by atoms with Crippen LogP contribution in [0.4, 0.5) is 4.79 Å². The molecule has 7 nitrogen and oxygen atoms in total. The Bertz CT molecular complexity index is 677. The molecule has 152 valence electrons. The number of benzene rings is 1. The van der Waals surface area contributed by atoms with Gasteiger partial charge in [0.25, 0.3) is 0 Å². The van der Waals surface area contributed by atoms with Crippen LogP contribution < -0.4 is 5.32 Å². The van der Waals surface area contributed by atoms with E-state index in [4.69, 9.17) is 0 Å². The summed E-state index contributed by atoms with van der Waals surface area (Å²) in [6, 6.07) is 7.16. The van der Waals surface area contributed by atoms with Gasteiger partial charge in [0.2, 0.25) is 0 Å². The van der Waals surface area contributed by atoms with E-state index < -0.39 is 23.9 Å². The fraction of sp³-hybridized carbons (Fsp3) is 0.524. The number of nitrogens with one attached hydrogen (secondary N) is 1. The van der Waals surface area contributed by atoms with Crippen molar-refractivity contribution in [3.05, 3.63) is 35.9 Å². The van der Waals surface area contributed by atoms with Crippen LogP contribution in [0.15, 0.2) is 30.3 Å². The van der Waals surface area contributed by atoms with Crippen LogP contribution >= 0.6 is 0 Å². The van der Waals surface area contributed by atoms with Gasteiger partial charge in [0.15, 0.2) is 0 Å². The standard InChI is InChI=1S/C21H29N3O4/c1-2-3-4-5-6-10-13-23-14-15-24(20(27)19(23)26)21(28)22-18(16-25)17-11-8-7-9-12-17/h7-9,11-12,16,18H,2-6,10,13-15H2,1H3,(H,22,28). The van der Waals surface area contributed by atoms with Crippen LogP contribution in [0.1, 0.15) is 57.1 Å². The summed E-state index contributed by atoms with van der Waals surface area (Å²) in [5.74, 6) is -1.50. The molecule has 1 saturated heterocycles. The Hall–Kier alpha value is -2.70. The van der Waals surface area contributed by atoms with Gasteiger partial charge in [-0.15, -0.1) is 0 Å². The summed E-state index contributed by atoms with van der Waals surface area (Å²) in [6.07, 6.45) is 7.22. The molecule has 7 heteroatoms. The van der Waals surface area contributed by atoms with Gasteiger partial charge in [-0.2, -0.15) is 0 Å². The molecule has 2 rings (SSSR count). The van der Waals surface area contributed by atoms with E-state index in [1.165, 1.54) is 24.2 Å². The fourth-order valence-electron chi connectivity index (χ4n) is 3.23. The van der Waals surface area contributed by atoms with Crippen molar-refractivity contribution in [3.63, 3.8) is 0 Å². The molecule has 0 spiro atoms. The number of piperazine rings is 1. The van der Waals surface area contributed by atoms with Gasteiger partial charge in [0.05, 0.1) is 0 Å². The number of nitrogens with zero attached hydrogens (tertiary/aromatic N) is 2. The van der Waals surface area contributed by atoms with Crippen molar-refractivity contribution in [1.29, 1.82) is 0 Å². The van der Waals surface area contributed by atoms with Gasteiger partial charge in [-0.1, -0.05) is 69.4 Å². The molecule has 1 aliphatic rings. The molecule has 1 unspecified atom stereocenters. The minimum Gasteiger partial charge on any atom is -0.333 e. The molecule has 0 aromatic heterocycles. The minimum atomic E-state index is -0.863. The van der Waals surface area contributed by atoms with Crippen molar-refractivity contribution >= 4 is 24.1 Å². The van der Waals surface area contributed by atoms with Gasteiger partial charge >= 0.3 is 17.8 Å². The van der Waals surface area contributed by atoms with Crippen molar-refractivity contribution in [2.75, 3.05) is 19.6 Å². The third kappa shape index (κ3) is 5.90. The van der Waals surface area contributed by atoms with E-state index in [0.717, 1.165) is 24.2 Å². The Labute approximate surface area is 166 Å². The first-order valence-corrected chi connectivity index (χ1v) is 10.00. The van der Waals surface area contributed by atoms with Gasteiger partial charge in [-0.3, -0.25) is 14.5 Å². The zero-order chi connectivity index (χ0) is 20.4. The summed E-state index contributed by atoms with van der Waals surface area (Å²) in [4.78, 5) is 50.8. The highest BCUT2D eigenvalue weighted by atomic mass is 16.2. The van der Waals surface area contributed by atoms with E-state index in [2.05, 4.69) is 12.2 Å². The monoisotopic (exact) mass is 387 g/mol. The normalized spacial score (nSPS) is 15.5. The molecule has 0 saturated carbocycles. The van der Waals surface area contributed by atoms with Gasteiger partial charge in [0, 0.05) is 19.6 Å². The second-order valence-electron chi connectivity index (χ2n) is 6.99. The van der Waals surface area contributed by atoms with Crippen molar-refractivity contribution in [2.24, 2.45) is 0 Å². The Kier molecular flexibility index (Phi) is 8.65. The first kappa shape index (κ1) is 21.6. The molecule has 1 fully saturated rings. The fourth-order valence-corrected chi connectivity index (χ4v) is 3.23. The molecule has 1 aromatic rings. The molecule has 0 bridgehead atoms. The number of imide groups is 1. The summed E-state index contributed by atoms with van der Waals surface area (Å²) >= 11 is 0. The zero-order valence-electron chi connectivity index (χ0n) is 16.4. The van der Waals surface area contributed by atoms with E-state index in [-0.39, 0.29) is 6.54 Å². The number of aldehydes is 1. The summed E-state index contributed by atoms with van der Waals surface area (Å²) < 4.78 is 0. The average Bonchev–Trinajstić information content (AvgIpc) is 2.72. The third-order valence-electron chi connectivity index (χ3n) is 4.91. The maximum atomic E-state index is 12.4. The van der Waals surface area contributed by atoms with Crippen molar-refractivity contribution in [3.8, 4) is 0 Å². The molecule has 1 aromatic carbocycles. The van der Waals surface area contributed by atoms with E-state index in [1.807, 2.05) is 0 Å². The molecule has 0 radical (unpaired) electrons. The summed E-state index contributed by atoms with van der Waals surface area (Å²) in [6.45, 7) is 3.15. The first-order chi connectivity index (χ1) is 13.6. The van der Waals surface area contributed by atoms with Gasteiger partial charge in [-0.25, -0.2) is 4.79 Å². The Morgan fingerprint density at radius 3 is 2.39 bits per heavy atom. The van der Waals surface area contributed by atoms with Gasteiger partial charge in [-0.05, 0) is 12.0 Å². The number of unbranched alkanes of at least 4 members (excludes halogenated alkanes) is 5. The Morgan fingerprint density at radius 2 is 1.71 bits per heavy atom. The maximum absolute atomic E-state index is 12.4. The predicted molar refractivity (Wildman–Crippen MR) is 105 cm³/mol. The highest BCUT2D eigenvalue weighted by Crippen LogP contribution is 2.13. The number of hydrogen-bond donors (Lipinski definition) is 1. The highest BCUT2D eigenvalue weighted by molar-refractivity contribution is 6.38. The second kappa shape index (κ2) is 11.2. The van der Waals surface area contributed by atoms with Crippen LogP contribution in [0.5, 0.6) is 0 Å². The smallest absolute Gasteiger partial charge is 0.325 e. The van der Waals surface area contributed by atoms with E-state index in [0.29, 0.717) is 24.9 Å². The number of urea groups is 1. The maximum Gasteiger partial charge on any atom is 0.325 e. The van der Waals surface area contributed by atoms with Crippen molar-refractivity contribution < 1.29 is 19.2 Å². The number of carbonyl (C=O) groups is 4. The van der Waals surface area contributed by atoms with E-state index in [9.17, 15) is 19.2 Å². The van der Waals surface area contributed by atoms with Gasteiger partial charge < -0.3 is 15.0 Å². The van der Waals surface area contributed by atoms with Crippen LogP contribution in [0.2, 0.25) is 0 Å². The molecule has 28 heavy (non-hydrogen) atoms. The van der Waals surface area contributed by atoms with Crippen molar-refractivity contribution in [2.45, 2.75) is 51.5 Å². The highest BCUT2D eigenvalue weighted by Gasteiger charge is 2.36. The number of carbonyl (C=O) groups excluding carboxylic acids is 4. The number of amides is 4. The van der Waals surface area contributed by atoms with Gasteiger partial charge in [0.1, 0.15) is 12.3 Å². The van der Waals surface area contributed by atoms with Crippen LogP contribution in [0.25, 0.3) is 0 Å². The van der Waals surface area contributed by atoms with Crippen molar-refractivity contribution in [1.82, 2.24) is 15.1 Å². The summed E-state index contributed by atoms with van der Waals surface area (Å²) in [7, 11) is 0. The predicted octanol–water partition coefficient (Wildman–Crippen LogP) is 2.67.